The van der Waals surface area contributed by atoms with Crippen molar-refractivity contribution in [2.24, 2.45) is 0 Å². The summed E-state index contributed by atoms with van der Waals surface area (Å²) in [6.45, 7) is 4.05. The first-order valence-corrected chi connectivity index (χ1v) is 10.2. The standard InChI is InChI=1S/C22H23N7O/c1-15-5-2-3-6-19(15)29-20(13-18(27-29)16-7-10-23-11-8-16)26-22(30)17-14-25-28-12-4-9-24-21(17)28/h2-6,9,12-14,16,23H,7-8,10-11H2,1H3,(H,26,30)/p+1. The minimum absolute atomic E-state index is 0.129. The predicted octanol–water partition coefficient (Wildman–Crippen LogP) is 1.73. The number of quaternary nitrogens is 1. The number of rotatable bonds is 4. The monoisotopic (exact) mass is 402 g/mol. The number of fused-ring (bicyclic) bond motifs is 1. The maximum absolute atomic E-state index is 13.1. The number of benzene rings is 1. The topological polar surface area (TPSA) is 93.7 Å². The van der Waals surface area contributed by atoms with Crippen LogP contribution < -0.4 is 10.6 Å². The van der Waals surface area contributed by atoms with Gasteiger partial charge in [-0.25, -0.2) is 19.6 Å². The van der Waals surface area contributed by atoms with E-state index in [1.807, 2.05) is 22.9 Å². The van der Waals surface area contributed by atoms with E-state index in [-0.39, 0.29) is 5.91 Å². The number of hydrogen-bond donors (Lipinski definition) is 2. The van der Waals surface area contributed by atoms with Crippen molar-refractivity contribution < 1.29 is 10.1 Å². The normalized spacial score (nSPS) is 15.0. The van der Waals surface area contributed by atoms with Crippen LogP contribution in [0.25, 0.3) is 11.3 Å². The Kier molecular flexibility index (Phi) is 4.86. The van der Waals surface area contributed by atoms with Gasteiger partial charge in [-0.15, -0.1) is 0 Å². The fourth-order valence-corrected chi connectivity index (χ4v) is 4.04. The van der Waals surface area contributed by atoms with Crippen LogP contribution in [-0.4, -0.2) is 43.4 Å². The van der Waals surface area contributed by atoms with Crippen LogP contribution in [0.3, 0.4) is 0 Å². The van der Waals surface area contributed by atoms with Gasteiger partial charge in [-0.1, -0.05) is 18.2 Å². The maximum Gasteiger partial charge on any atom is 0.354 e. The molecule has 8 heteroatoms. The Morgan fingerprint density at radius 1 is 1.20 bits per heavy atom. The van der Waals surface area contributed by atoms with E-state index in [2.05, 4.69) is 34.5 Å². The first-order valence-electron chi connectivity index (χ1n) is 10.2. The quantitative estimate of drug-likeness (QED) is 0.542. The van der Waals surface area contributed by atoms with Crippen LogP contribution in [0.2, 0.25) is 0 Å². The average molecular weight is 402 g/mol. The van der Waals surface area contributed by atoms with Crippen molar-refractivity contribution in [1.29, 1.82) is 0 Å². The third kappa shape index (κ3) is 3.40. The number of hydrogen-bond acceptors (Lipinski definition) is 5. The van der Waals surface area contributed by atoms with E-state index < -0.39 is 0 Å². The van der Waals surface area contributed by atoms with Gasteiger partial charge in [0, 0.05) is 24.4 Å². The summed E-state index contributed by atoms with van der Waals surface area (Å²) >= 11 is 0. The number of nitrogens with zero attached hydrogens (tertiary/aromatic N) is 5. The second kappa shape index (κ2) is 7.81. The molecule has 0 unspecified atom stereocenters. The zero-order chi connectivity index (χ0) is 20.5. The zero-order valence-corrected chi connectivity index (χ0v) is 16.8. The number of piperidine rings is 1. The van der Waals surface area contributed by atoms with Gasteiger partial charge in [-0.2, -0.15) is 14.9 Å². The third-order valence-electron chi connectivity index (χ3n) is 5.68. The molecule has 3 aromatic heterocycles. The van der Waals surface area contributed by atoms with Gasteiger partial charge in [-0.3, -0.25) is 0 Å². The summed E-state index contributed by atoms with van der Waals surface area (Å²) in [5, 5.41) is 14.2. The maximum atomic E-state index is 13.1. The molecule has 0 spiro atoms. The van der Waals surface area contributed by atoms with Crippen molar-refractivity contribution in [3.05, 3.63) is 71.8 Å². The van der Waals surface area contributed by atoms with Crippen LogP contribution in [-0.2, 0) is 0 Å². The lowest BCUT2D eigenvalue weighted by atomic mass is 9.95. The second-order valence-electron chi connectivity index (χ2n) is 7.67. The minimum Gasteiger partial charge on any atom is -0.317 e. The summed E-state index contributed by atoms with van der Waals surface area (Å²) in [5.41, 5.74) is 4.17. The van der Waals surface area contributed by atoms with Crippen molar-refractivity contribution in [3.63, 3.8) is 0 Å². The fraction of sp³-hybridized carbons (Fsp3) is 0.273. The molecular formula is C22H24N7O+. The Hall–Kier alpha value is -3.36. The summed E-state index contributed by atoms with van der Waals surface area (Å²) in [5.74, 6) is 1.05. The SMILES string of the molecule is Cc1ccccc1-n1nc(C2CCNCC2)cc1[NH2+]C(=O)c1cnn2cccnc12. The van der Waals surface area contributed by atoms with Crippen molar-refractivity contribution in [3.8, 4) is 5.69 Å². The highest BCUT2D eigenvalue weighted by atomic mass is 16.1. The number of nitrogens with one attached hydrogen (secondary N) is 1. The lowest BCUT2D eigenvalue weighted by molar-refractivity contribution is -0.469. The van der Waals surface area contributed by atoms with E-state index in [4.69, 9.17) is 5.10 Å². The number of aryl methyl sites for hydroxylation is 1. The molecule has 1 fully saturated rings. The molecule has 8 nitrogen and oxygen atoms in total. The molecule has 30 heavy (non-hydrogen) atoms. The predicted molar refractivity (Wildman–Crippen MR) is 112 cm³/mol. The van der Waals surface area contributed by atoms with Crippen molar-refractivity contribution in [2.45, 2.75) is 25.7 Å². The van der Waals surface area contributed by atoms with Gasteiger partial charge in [0.25, 0.3) is 0 Å². The van der Waals surface area contributed by atoms with E-state index in [1.54, 1.807) is 34.5 Å². The van der Waals surface area contributed by atoms with E-state index in [0.717, 1.165) is 48.7 Å². The highest BCUT2D eigenvalue weighted by Gasteiger charge is 2.26. The van der Waals surface area contributed by atoms with E-state index in [9.17, 15) is 4.79 Å². The first kappa shape index (κ1) is 18.7. The summed E-state index contributed by atoms with van der Waals surface area (Å²) in [7, 11) is 0. The third-order valence-corrected chi connectivity index (χ3v) is 5.68. The van der Waals surface area contributed by atoms with E-state index in [0.29, 0.717) is 17.1 Å². The van der Waals surface area contributed by atoms with Crippen molar-refractivity contribution in [2.75, 3.05) is 13.1 Å². The average Bonchev–Trinajstić information content (AvgIpc) is 3.39. The number of para-hydroxylation sites is 1. The summed E-state index contributed by atoms with van der Waals surface area (Å²) < 4.78 is 3.50. The first-order chi connectivity index (χ1) is 14.7. The smallest absolute Gasteiger partial charge is 0.317 e. The number of aromatic nitrogens is 5. The summed E-state index contributed by atoms with van der Waals surface area (Å²) in [4.78, 5) is 17.5. The van der Waals surface area contributed by atoms with Gasteiger partial charge in [0.1, 0.15) is 5.56 Å². The minimum atomic E-state index is -0.129. The molecular weight excluding hydrogens is 378 g/mol. The Labute approximate surface area is 173 Å². The molecule has 5 rings (SSSR count). The second-order valence-corrected chi connectivity index (χ2v) is 7.67. The largest absolute Gasteiger partial charge is 0.354 e. The summed E-state index contributed by atoms with van der Waals surface area (Å²) in [6, 6.07) is 11.9. The molecule has 1 aliphatic rings. The number of carbonyl (C=O) groups excluding carboxylic acids is 1. The lowest BCUT2D eigenvalue weighted by Crippen LogP contribution is -2.83. The molecule has 3 N–H and O–H groups in total. The molecule has 4 heterocycles. The molecule has 0 aliphatic carbocycles. The molecule has 1 aliphatic heterocycles. The fourth-order valence-electron chi connectivity index (χ4n) is 4.04. The molecule has 1 aromatic carbocycles. The van der Waals surface area contributed by atoms with Crippen LogP contribution in [0.4, 0.5) is 5.82 Å². The highest BCUT2D eigenvalue weighted by molar-refractivity contribution is 5.93. The van der Waals surface area contributed by atoms with E-state index in [1.165, 1.54) is 0 Å². The Morgan fingerprint density at radius 3 is 2.87 bits per heavy atom. The number of amides is 1. The highest BCUT2D eigenvalue weighted by Crippen LogP contribution is 2.27. The van der Waals surface area contributed by atoms with Crippen molar-refractivity contribution >= 4 is 17.4 Å². The molecule has 0 saturated carbocycles. The molecule has 0 atom stereocenters. The molecule has 4 aromatic rings. The summed E-state index contributed by atoms with van der Waals surface area (Å²) in [6.07, 6.45) is 7.13. The number of nitrogens with two attached hydrogens (primary N) is 1. The van der Waals surface area contributed by atoms with Crippen LogP contribution in [0.5, 0.6) is 0 Å². The molecule has 1 amide bonds. The van der Waals surface area contributed by atoms with Gasteiger partial charge in [-0.05, 0) is 50.6 Å². The lowest BCUT2D eigenvalue weighted by Gasteiger charge is -2.20. The van der Waals surface area contributed by atoms with Crippen LogP contribution in [0.1, 0.15) is 40.4 Å². The van der Waals surface area contributed by atoms with Gasteiger partial charge < -0.3 is 5.32 Å². The van der Waals surface area contributed by atoms with Gasteiger partial charge in [0.2, 0.25) is 5.82 Å². The number of carbonyl (C=O) groups is 1. The molecule has 0 bridgehead atoms. The van der Waals surface area contributed by atoms with Gasteiger partial charge >= 0.3 is 5.91 Å². The molecule has 152 valence electrons. The van der Waals surface area contributed by atoms with E-state index >= 15 is 0 Å². The van der Waals surface area contributed by atoms with Crippen LogP contribution in [0.15, 0.2) is 55.0 Å². The number of primary amides is 1. The van der Waals surface area contributed by atoms with Crippen molar-refractivity contribution in [1.82, 2.24) is 29.7 Å². The molecule has 0 radical (unpaired) electrons. The zero-order valence-electron chi connectivity index (χ0n) is 16.8. The molecule has 1 saturated heterocycles. The Balaban J connectivity index is 1.53. The van der Waals surface area contributed by atoms with Gasteiger partial charge in [0.05, 0.1) is 17.6 Å². The van der Waals surface area contributed by atoms with Crippen LogP contribution >= 0.6 is 0 Å². The van der Waals surface area contributed by atoms with Crippen LogP contribution in [0, 0.1) is 6.92 Å². The Bertz CT molecular complexity index is 1200. The Morgan fingerprint density at radius 2 is 2.03 bits per heavy atom. The van der Waals surface area contributed by atoms with Gasteiger partial charge in [0.15, 0.2) is 5.65 Å².